The van der Waals surface area contributed by atoms with Gasteiger partial charge in [-0.15, -0.1) is 0 Å². The minimum absolute atomic E-state index is 0.0163. The highest BCUT2D eigenvalue weighted by Gasteiger charge is 2.09. The summed E-state index contributed by atoms with van der Waals surface area (Å²) in [5, 5.41) is 11.3. The highest BCUT2D eigenvalue weighted by atomic mass is 16.4. The average molecular weight is 273 g/mol. The van der Waals surface area contributed by atoms with Crippen LogP contribution in [0.4, 0.5) is 0 Å². The Morgan fingerprint density at radius 2 is 2.10 bits per heavy atom. The zero-order valence-corrected chi connectivity index (χ0v) is 10.3. The second-order valence-electron chi connectivity index (χ2n) is 3.96. The summed E-state index contributed by atoms with van der Waals surface area (Å²) in [5.41, 5.74) is 0.207. The van der Waals surface area contributed by atoms with Gasteiger partial charge in [-0.2, -0.15) is 0 Å². The molecule has 0 aliphatic heterocycles. The van der Waals surface area contributed by atoms with Gasteiger partial charge in [0.15, 0.2) is 5.43 Å². The van der Waals surface area contributed by atoms with E-state index < -0.39 is 11.9 Å². The highest BCUT2D eigenvalue weighted by Crippen LogP contribution is 2.00. The Morgan fingerprint density at radius 1 is 1.30 bits per heavy atom. The molecule has 0 aliphatic rings. The number of aromatic carboxylic acids is 1. The van der Waals surface area contributed by atoms with Gasteiger partial charge in [-0.3, -0.25) is 9.59 Å². The van der Waals surface area contributed by atoms with Crippen LogP contribution < -0.4 is 10.7 Å². The fourth-order valence-corrected chi connectivity index (χ4v) is 1.53. The van der Waals surface area contributed by atoms with Crippen molar-refractivity contribution in [1.29, 1.82) is 0 Å². The van der Waals surface area contributed by atoms with Crippen LogP contribution in [-0.4, -0.2) is 27.0 Å². The molecule has 102 valence electrons. The number of rotatable bonds is 4. The molecule has 0 radical (unpaired) electrons. The van der Waals surface area contributed by atoms with Gasteiger partial charge in [0, 0.05) is 31.2 Å². The topological polar surface area (TPSA) is 112 Å². The van der Waals surface area contributed by atoms with Crippen molar-refractivity contribution in [2.45, 2.75) is 6.54 Å². The summed E-state index contributed by atoms with van der Waals surface area (Å²) in [5.74, 6) is -1.62. The molecule has 0 saturated carbocycles. The predicted molar refractivity (Wildman–Crippen MR) is 69.4 cm³/mol. The number of carbonyl (C=O) groups is 2. The largest absolute Gasteiger partial charge is 0.477 e. The molecule has 0 aliphatic carbocycles. The average Bonchev–Trinajstić information content (AvgIpc) is 2.45. The molecule has 0 saturated heterocycles. The molecule has 7 nitrogen and oxygen atoms in total. The zero-order valence-electron chi connectivity index (χ0n) is 10.3. The lowest BCUT2D eigenvalue weighted by Gasteiger charge is -2.04. The third-order valence-corrected chi connectivity index (χ3v) is 2.57. The number of aromatic amines is 1. The van der Waals surface area contributed by atoms with E-state index >= 15 is 0 Å². The van der Waals surface area contributed by atoms with Crippen LogP contribution in [0.15, 0.2) is 41.6 Å². The summed E-state index contributed by atoms with van der Waals surface area (Å²) in [7, 11) is 0. The van der Waals surface area contributed by atoms with Crippen LogP contribution in [0.3, 0.4) is 0 Å². The van der Waals surface area contributed by atoms with Crippen LogP contribution in [0.25, 0.3) is 0 Å². The first-order valence-corrected chi connectivity index (χ1v) is 5.71. The van der Waals surface area contributed by atoms with E-state index in [-0.39, 0.29) is 23.2 Å². The number of H-pyrrole nitrogens is 1. The minimum atomic E-state index is -1.11. The molecule has 2 heterocycles. The third-order valence-electron chi connectivity index (χ3n) is 2.57. The SMILES string of the molecule is O=C(O)c1ccc(CNC(=O)c2c[nH]ccc2=O)cn1. The maximum atomic E-state index is 11.8. The van der Waals surface area contributed by atoms with E-state index in [0.717, 1.165) is 0 Å². The van der Waals surface area contributed by atoms with Gasteiger partial charge in [0.1, 0.15) is 11.3 Å². The summed E-state index contributed by atoms with van der Waals surface area (Å²) in [6.07, 6.45) is 4.12. The number of amides is 1. The van der Waals surface area contributed by atoms with Crippen molar-refractivity contribution in [2.75, 3.05) is 0 Å². The van der Waals surface area contributed by atoms with E-state index in [0.29, 0.717) is 5.56 Å². The predicted octanol–water partition coefficient (Wildman–Crippen LogP) is 0.398. The Bertz CT molecular complexity index is 691. The second-order valence-corrected chi connectivity index (χ2v) is 3.96. The molecule has 1 amide bonds. The number of hydrogen-bond donors (Lipinski definition) is 3. The van der Waals surface area contributed by atoms with E-state index in [2.05, 4.69) is 15.3 Å². The van der Waals surface area contributed by atoms with Gasteiger partial charge < -0.3 is 15.4 Å². The fourth-order valence-electron chi connectivity index (χ4n) is 1.53. The van der Waals surface area contributed by atoms with Crippen LogP contribution in [0, 0.1) is 0 Å². The molecule has 0 bridgehead atoms. The van der Waals surface area contributed by atoms with Crippen molar-refractivity contribution in [1.82, 2.24) is 15.3 Å². The molecule has 20 heavy (non-hydrogen) atoms. The van der Waals surface area contributed by atoms with Gasteiger partial charge in [-0.05, 0) is 11.6 Å². The van der Waals surface area contributed by atoms with Crippen LogP contribution in [-0.2, 0) is 6.54 Å². The Balaban J connectivity index is 2.02. The first-order chi connectivity index (χ1) is 9.58. The van der Waals surface area contributed by atoms with Gasteiger partial charge in [0.05, 0.1) is 0 Å². The molecule has 0 unspecified atom stereocenters. The van der Waals surface area contributed by atoms with Crippen LogP contribution in [0.5, 0.6) is 0 Å². The number of hydrogen-bond acceptors (Lipinski definition) is 4. The molecule has 0 aromatic carbocycles. The van der Waals surface area contributed by atoms with E-state index in [4.69, 9.17) is 5.11 Å². The van der Waals surface area contributed by atoms with E-state index in [1.807, 2.05) is 0 Å². The van der Waals surface area contributed by atoms with Crippen molar-refractivity contribution in [2.24, 2.45) is 0 Å². The van der Waals surface area contributed by atoms with E-state index in [1.54, 1.807) is 6.07 Å². The van der Waals surface area contributed by atoms with Crippen molar-refractivity contribution in [3.8, 4) is 0 Å². The third kappa shape index (κ3) is 3.08. The minimum Gasteiger partial charge on any atom is -0.477 e. The second kappa shape index (κ2) is 5.79. The summed E-state index contributed by atoms with van der Waals surface area (Å²) in [6, 6.07) is 4.16. The number of carbonyl (C=O) groups excluding carboxylic acids is 1. The first kappa shape index (κ1) is 13.5. The number of aromatic nitrogens is 2. The monoisotopic (exact) mass is 273 g/mol. The highest BCUT2D eigenvalue weighted by molar-refractivity contribution is 5.93. The normalized spacial score (nSPS) is 10.0. The van der Waals surface area contributed by atoms with Crippen molar-refractivity contribution in [3.05, 3.63) is 63.8 Å². The molecule has 3 N–H and O–H groups in total. The Kier molecular flexibility index (Phi) is 3.90. The maximum absolute atomic E-state index is 11.8. The molecule has 0 fully saturated rings. The maximum Gasteiger partial charge on any atom is 0.354 e. The molecular formula is C13H11N3O4. The molecule has 2 aromatic heterocycles. The molecule has 0 spiro atoms. The van der Waals surface area contributed by atoms with Crippen molar-refractivity contribution >= 4 is 11.9 Å². The van der Waals surface area contributed by atoms with Gasteiger partial charge in [0.2, 0.25) is 0 Å². The summed E-state index contributed by atoms with van der Waals surface area (Å²) in [6.45, 7) is 0.153. The molecule has 2 rings (SSSR count). The zero-order chi connectivity index (χ0) is 14.5. The summed E-state index contributed by atoms with van der Waals surface area (Å²) in [4.78, 5) is 40.2. The standard InChI is InChI=1S/C13H11N3O4/c17-11-3-4-14-7-9(11)12(18)16-6-8-1-2-10(13(19)20)15-5-8/h1-5,7H,6H2,(H,14,17)(H,16,18)(H,19,20). The smallest absolute Gasteiger partial charge is 0.354 e. The fraction of sp³-hybridized carbons (Fsp3) is 0.0769. The quantitative estimate of drug-likeness (QED) is 0.746. The molecule has 0 atom stereocenters. The molecule has 7 heteroatoms. The van der Waals surface area contributed by atoms with Crippen LogP contribution in [0.2, 0.25) is 0 Å². The van der Waals surface area contributed by atoms with Crippen molar-refractivity contribution in [3.63, 3.8) is 0 Å². The van der Waals surface area contributed by atoms with Gasteiger partial charge in [0.25, 0.3) is 5.91 Å². The lowest BCUT2D eigenvalue weighted by atomic mass is 10.2. The first-order valence-electron chi connectivity index (χ1n) is 5.71. The number of nitrogens with zero attached hydrogens (tertiary/aromatic N) is 1. The lowest BCUT2D eigenvalue weighted by Crippen LogP contribution is -2.28. The number of pyridine rings is 2. The Morgan fingerprint density at radius 3 is 2.70 bits per heavy atom. The summed E-state index contributed by atoms with van der Waals surface area (Å²) < 4.78 is 0. The van der Waals surface area contributed by atoms with E-state index in [9.17, 15) is 14.4 Å². The van der Waals surface area contributed by atoms with Crippen LogP contribution in [0.1, 0.15) is 26.4 Å². The summed E-state index contributed by atoms with van der Waals surface area (Å²) >= 11 is 0. The Hall–Kier alpha value is -2.96. The number of carboxylic acid groups (broad SMARTS) is 1. The van der Waals surface area contributed by atoms with E-state index in [1.165, 1.54) is 30.7 Å². The number of nitrogens with one attached hydrogen (secondary N) is 2. The lowest BCUT2D eigenvalue weighted by molar-refractivity contribution is 0.0690. The number of carboxylic acids is 1. The van der Waals surface area contributed by atoms with Crippen LogP contribution >= 0.6 is 0 Å². The van der Waals surface area contributed by atoms with Crippen molar-refractivity contribution < 1.29 is 14.7 Å². The van der Waals surface area contributed by atoms with Gasteiger partial charge in [-0.1, -0.05) is 6.07 Å². The Labute approximate surface area is 113 Å². The molecular weight excluding hydrogens is 262 g/mol. The van der Waals surface area contributed by atoms with Gasteiger partial charge in [-0.25, -0.2) is 9.78 Å². The van der Waals surface area contributed by atoms with Gasteiger partial charge >= 0.3 is 5.97 Å². The molecule has 2 aromatic rings.